The lowest BCUT2D eigenvalue weighted by Gasteiger charge is -2.04. The van der Waals surface area contributed by atoms with Gasteiger partial charge in [0.15, 0.2) is 11.5 Å². The summed E-state index contributed by atoms with van der Waals surface area (Å²) in [4.78, 5) is 10.8. The van der Waals surface area contributed by atoms with Gasteiger partial charge < -0.3 is 5.11 Å². The number of fused-ring (bicyclic) bond motifs is 1. The van der Waals surface area contributed by atoms with Crippen LogP contribution in [0.3, 0.4) is 0 Å². The zero-order valence-corrected chi connectivity index (χ0v) is 7.51. The lowest BCUT2D eigenvalue weighted by atomic mass is 10.1. The van der Waals surface area contributed by atoms with Crippen LogP contribution in [-0.2, 0) is 0 Å². The average Bonchev–Trinajstić information content (AvgIpc) is 2.27. The molecule has 0 aliphatic rings. The summed E-state index contributed by atoms with van der Waals surface area (Å²) in [6, 6.07) is 6.66. The largest absolute Gasteiger partial charge is 0.476 e. The van der Waals surface area contributed by atoms with Gasteiger partial charge in [0.1, 0.15) is 0 Å². The second-order valence-electron chi connectivity index (χ2n) is 2.86. The number of nitrogens with zero attached hydrogens (tertiary/aromatic N) is 2. The molecule has 0 bridgehead atoms. The van der Waals surface area contributed by atoms with Crippen LogP contribution in [0, 0.1) is 0 Å². The highest BCUT2D eigenvalue weighted by molar-refractivity contribution is 6.04. The molecule has 1 aromatic heterocycles. The van der Waals surface area contributed by atoms with Crippen molar-refractivity contribution in [3.05, 3.63) is 30.0 Å². The highest BCUT2D eigenvalue weighted by Crippen LogP contribution is 2.21. The molecule has 0 fully saturated rings. The standard InChI is InChI=1S/C9H7N3O3/c13-9(14)7-5-3-1-2-4-6(5)8(12-15)11-10-7/h1-4,15H,(H,11,12)(H,13,14). The second-order valence-corrected chi connectivity index (χ2v) is 2.86. The maximum absolute atomic E-state index is 10.8. The molecule has 0 saturated heterocycles. The quantitative estimate of drug-likeness (QED) is 0.636. The Morgan fingerprint density at radius 2 is 1.87 bits per heavy atom. The van der Waals surface area contributed by atoms with Crippen LogP contribution in [-0.4, -0.2) is 26.5 Å². The number of aromatic carboxylic acids is 1. The molecule has 0 aliphatic carbocycles. The van der Waals surface area contributed by atoms with E-state index in [1.165, 1.54) is 0 Å². The topological polar surface area (TPSA) is 95.3 Å². The van der Waals surface area contributed by atoms with Crippen LogP contribution in [0.4, 0.5) is 5.82 Å². The molecule has 0 atom stereocenters. The van der Waals surface area contributed by atoms with Crippen molar-refractivity contribution < 1.29 is 15.1 Å². The first-order valence-corrected chi connectivity index (χ1v) is 4.13. The molecule has 1 aromatic carbocycles. The van der Waals surface area contributed by atoms with Crippen molar-refractivity contribution in [2.75, 3.05) is 5.48 Å². The minimum absolute atomic E-state index is 0.135. The lowest BCUT2D eigenvalue weighted by Crippen LogP contribution is -2.06. The van der Waals surface area contributed by atoms with Gasteiger partial charge in [-0.3, -0.25) is 10.7 Å². The molecule has 2 rings (SSSR count). The molecule has 0 spiro atoms. The molecule has 2 aromatic rings. The number of rotatable bonds is 2. The maximum atomic E-state index is 10.8. The highest BCUT2D eigenvalue weighted by Gasteiger charge is 2.13. The molecule has 6 nitrogen and oxygen atoms in total. The van der Waals surface area contributed by atoms with E-state index in [1.807, 2.05) is 5.48 Å². The SMILES string of the molecule is O=C(O)c1nnc(NO)c2ccccc12. The first kappa shape index (κ1) is 9.35. The lowest BCUT2D eigenvalue weighted by molar-refractivity contribution is 0.0691. The maximum Gasteiger partial charge on any atom is 0.357 e. The van der Waals surface area contributed by atoms with E-state index in [4.69, 9.17) is 10.3 Å². The van der Waals surface area contributed by atoms with Crippen LogP contribution in [0.25, 0.3) is 10.8 Å². The summed E-state index contributed by atoms with van der Waals surface area (Å²) < 4.78 is 0. The van der Waals surface area contributed by atoms with E-state index >= 15 is 0 Å². The Balaban J connectivity index is 2.83. The number of carboxylic acids is 1. The van der Waals surface area contributed by atoms with E-state index in [-0.39, 0.29) is 11.5 Å². The molecule has 15 heavy (non-hydrogen) atoms. The van der Waals surface area contributed by atoms with Crippen molar-refractivity contribution in [3.63, 3.8) is 0 Å². The van der Waals surface area contributed by atoms with Gasteiger partial charge in [-0.1, -0.05) is 24.3 Å². The summed E-state index contributed by atoms with van der Waals surface area (Å²) in [5.74, 6) is -1.02. The summed E-state index contributed by atoms with van der Waals surface area (Å²) >= 11 is 0. The Hall–Kier alpha value is -2.21. The van der Waals surface area contributed by atoms with Gasteiger partial charge in [-0.25, -0.2) is 4.79 Å². The van der Waals surface area contributed by atoms with Crippen LogP contribution >= 0.6 is 0 Å². The normalized spacial score (nSPS) is 10.2. The van der Waals surface area contributed by atoms with E-state index < -0.39 is 5.97 Å². The Bertz CT molecular complexity index is 527. The van der Waals surface area contributed by atoms with Crippen molar-refractivity contribution in [2.24, 2.45) is 0 Å². The molecule has 3 N–H and O–H groups in total. The number of nitrogens with one attached hydrogen (secondary N) is 1. The summed E-state index contributed by atoms with van der Waals surface area (Å²) in [6.07, 6.45) is 0. The summed E-state index contributed by atoms with van der Waals surface area (Å²) in [5, 5.41) is 25.6. The van der Waals surface area contributed by atoms with Crippen LogP contribution < -0.4 is 5.48 Å². The molecule has 0 saturated carbocycles. The monoisotopic (exact) mass is 205 g/mol. The zero-order chi connectivity index (χ0) is 10.8. The van der Waals surface area contributed by atoms with Gasteiger partial charge in [0.25, 0.3) is 0 Å². The van der Waals surface area contributed by atoms with E-state index in [9.17, 15) is 4.79 Å². The minimum Gasteiger partial charge on any atom is -0.476 e. The van der Waals surface area contributed by atoms with Gasteiger partial charge in [0, 0.05) is 10.8 Å². The zero-order valence-electron chi connectivity index (χ0n) is 7.51. The van der Waals surface area contributed by atoms with Gasteiger partial charge in [-0.2, -0.15) is 0 Å². The first-order chi connectivity index (χ1) is 7.24. The van der Waals surface area contributed by atoms with Crippen molar-refractivity contribution >= 4 is 22.6 Å². The molecular weight excluding hydrogens is 198 g/mol. The Morgan fingerprint density at radius 3 is 2.47 bits per heavy atom. The Kier molecular flexibility index (Phi) is 2.18. The first-order valence-electron chi connectivity index (χ1n) is 4.13. The van der Waals surface area contributed by atoms with Crippen LogP contribution in [0.1, 0.15) is 10.5 Å². The number of carboxylic acid groups (broad SMARTS) is 1. The van der Waals surface area contributed by atoms with Gasteiger partial charge in [0.2, 0.25) is 0 Å². The third-order valence-electron chi connectivity index (χ3n) is 2.00. The highest BCUT2D eigenvalue weighted by atomic mass is 16.5. The number of hydrogen-bond acceptors (Lipinski definition) is 5. The number of aromatic nitrogens is 2. The van der Waals surface area contributed by atoms with Gasteiger partial charge in [-0.15, -0.1) is 10.2 Å². The van der Waals surface area contributed by atoms with Crippen LogP contribution in [0.5, 0.6) is 0 Å². The summed E-state index contributed by atoms with van der Waals surface area (Å²) in [7, 11) is 0. The Labute approximate surface area is 84.1 Å². The smallest absolute Gasteiger partial charge is 0.357 e. The molecule has 0 radical (unpaired) electrons. The molecule has 6 heteroatoms. The van der Waals surface area contributed by atoms with Crippen LogP contribution in [0.15, 0.2) is 24.3 Å². The fraction of sp³-hybridized carbons (Fsp3) is 0. The molecule has 76 valence electrons. The van der Waals surface area contributed by atoms with Gasteiger partial charge in [-0.05, 0) is 0 Å². The van der Waals surface area contributed by atoms with Crippen LogP contribution in [0.2, 0.25) is 0 Å². The number of anilines is 1. The van der Waals surface area contributed by atoms with E-state index in [0.717, 1.165) is 0 Å². The predicted molar refractivity (Wildman–Crippen MR) is 51.9 cm³/mol. The molecule has 1 heterocycles. The fourth-order valence-electron chi connectivity index (χ4n) is 1.34. The van der Waals surface area contributed by atoms with E-state index in [2.05, 4.69) is 10.2 Å². The number of hydrogen-bond donors (Lipinski definition) is 3. The van der Waals surface area contributed by atoms with Crippen molar-refractivity contribution in [1.82, 2.24) is 10.2 Å². The molecule has 0 aliphatic heterocycles. The molecular formula is C9H7N3O3. The van der Waals surface area contributed by atoms with Crippen molar-refractivity contribution in [3.8, 4) is 0 Å². The second kappa shape index (κ2) is 3.50. The van der Waals surface area contributed by atoms with Crippen molar-refractivity contribution in [2.45, 2.75) is 0 Å². The minimum atomic E-state index is -1.15. The molecule has 0 unspecified atom stereocenters. The summed E-state index contributed by atoms with van der Waals surface area (Å²) in [5.41, 5.74) is 1.73. The van der Waals surface area contributed by atoms with Crippen molar-refractivity contribution in [1.29, 1.82) is 0 Å². The van der Waals surface area contributed by atoms with Gasteiger partial charge >= 0.3 is 5.97 Å². The third-order valence-corrected chi connectivity index (χ3v) is 2.00. The number of benzene rings is 1. The fourth-order valence-corrected chi connectivity index (χ4v) is 1.34. The van der Waals surface area contributed by atoms with Gasteiger partial charge in [0.05, 0.1) is 0 Å². The third kappa shape index (κ3) is 1.46. The number of carbonyl (C=O) groups is 1. The average molecular weight is 205 g/mol. The molecule has 0 amide bonds. The van der Waals surface area contributed by atoms with E-state index in [0.29, 0.717) is 10.8 Å². The predicted octanol–water partition coefficient (Wildman–Crippen LogP) is 1.13. The summed E-state index contributed by atoms with van der Waals surface area (Å²) in [6.45, 7) is 0. The Morgan fingerprint density at radius 1 is 1.20 bits per heavy atom. The van der Waals surface area contributed by atoms with E-state index in [1.54, 1.807) is 24.3 Å².